The molecular formula is C20H19F7N2O4S. The normalized spacial score (nSPS) is 20.4. The van der Waals surface area contributed by atoms with Crippen LogP contribution in [0.15, 0.2) is 17.7 Å². The summed E-state index contributed by atoms with van der Waals surface area (Å²) in [6, 6.07) is 2.41. The smallest absolute Gasteiger partial charge is 0.375 e. The van der Waals surface area contributed by atoms with Gasteiger partial charge in [-0.2, -0.15) is 39.2 Å². The number of ether oxygens (including phenoxy) is 1. The molecule has 0 amide bonds. The van der Waals surface area contributed by atoms with Crippen LogP contribution in [0.1, 0.15) is 55.9 Å². The highest BCUT2D eigenvalue weighted by Gasteiger charge is 2.50. The minimum Gasteiger partial charge on any atom is -0.375 e. The van der Waals surface area contributed by atoms with Gasteiger partial charge in [-0.15, -0.1) is 5.10 Å². The van der Waals surface area contributed by atoms with E-state index in [-0.39, 0.29) is 41.3 Å². The number of alkyl halides is 6. The van der Waals surface area contributed by atoms with E-state index in [9.17, 15) is 39.2 Å². The SMILES string of the molecule is O=S(=O)(OC1=C(CC(F)(F)F)CCCc2c1ccc1c2c(F)nn1C1CCCCO1)C(F)(F)F. The van der Waals surface area contributed by atoms with Crippen molar-refractivity contribution >= 4 is 26.8 Å². The van der Waals surface area contributed by atoms with Crippen molar-refractivity contribution in [2.75, 3.05) is 6.61 Å². The molecule has 6 nitrogen and oxygen atoms in total. The molecule has 1 atom stereocenters. The number of aryl methyl sites for hydroxylation is 1. The zero-order valence-electron chi connectivity index (χ0n) is 17.5. The summed E-state index contributed by atoms with van der Waals surface area (Å²) in [5.74, 6) is -2.07. The lowest BCUT2D eigenvalue weighted by Gasteiger charge is -2.23. The molecule has 34 heavy (non-hydrogen) atoms. The zero-order chi connectivity index (χ0) is 24.9. The fraction of sp³-hybridized carbons (Fsp3) is 0.550. The van der Waals surface area contributed by atoms with E-state index in [2.05, 4.69) is 9.28 Å². The lowest BCUT2D eigenvalue weighted by atomic mass is 9.98. The van der Waals surface area contributed by atoms with Crippen molar-refractivity contribution in [1.29, 1.82) is 0 Å². The lowest BCUT2D eigenvalue weighted by Crippen LogP contribution is -2.25. The predicted molar refractivity (Wildman–Crippen MR) is 105 cm³/mol. The third-order valence-corrected chi connectivity index (χ3v) is 6.68. The van der Waals surface area contributed by atoms with Gasteiger partial charge >= 0.3 is 21.8 Å². The largest absolute Gasteiger partial charge is 0.534 e. The average molecular weight is 516 g/mol. The van der Waals surface area contributed by atoms with Gasteiger partial charge in [-0.25, -0.2) is 4.68 Å². The molecule has 0 bridgehead atoms. The Morgan fingerprint density at radius 1 is 1.09 bits per heavy atom. The van der Waals surface area contributed by atoms with Gasteiger partial charge in [0.25, 0.3) is 0 Å². The first-order valence-electron chi connectivity index (χ1n) is 10.4. The second kappa shape index (κ2) is 8.70. The van der Waals surface area contributed by atoms with E-state index in [1.54, 1.807) is 0 Å². The van der Waals surface area contributed by atoms with Crippen molar-refractivity contribution in [3.8, 4) is 0 Å². The topological polar surface area (TPSA) is 70.4 Å². The van der Waals surface area contributed by atoms with Crippen LogP contribution in [0.4, 0.5) is 30.7 Å². The standard InChI is InChI=1S/C20H19F7N2O4S/c21-18-16-12-5-3-4-11(10-19(22,23)24)17(33-34(30,31)20(25,26)27)13(12)7-8-14(16)29(28-18)15-6-1-2-9-32-15/h7-8,15H,1-6,9-10H2. The first-order valence-corrected chi connectivity index (χ1v) is 11.8. The summed E-state index contributed by atoms with van der Waals surface area (Å²) in [7, 11) is -6.28. The number of hydrogen-bond acceptors (Lipinski definition) is 5. The molecule has 1 aliphatic heterocycles. The van der Waals surface area contributed by atoms with E-state index in [0.29, 0.717) is 13.0 Å². The molecule has 0 radical (unpaired) electrons. The molecule has 1 aliphatic carbocycles. The van der Waals surface area contributed by atoms with Gasteiger partial charge in [0.15, 0.2) is 6.23 Å². The number of aromatic nitrogens is 2. The van der Waals surface area contributed by atoms with Crippen molar-refractivity contribution in [1.82, 2.24) is 9.78 Å². The Balaban J connectivity index is 1.91. The molecule has 4 rings (SSSR count). The van der Waals surface area contributed by atoms with Crippen molar-refractivity contribution in [2.24, 2.45) is 0 Å². The van der Waals surface area contributed by atoms with E-state index < -0.39 is 51.7 Å². The third kappa shape index (κ3) is 4.74. The van der Waals surface area contributed by atoms with E-state index in [4.69, 9.17) is 4.74 Å². The van der Waals surface area contributed by atoms with E-state index in [1.807, 2.05) is 0 Å². The fourth-order valence-electron chi connectivity index (χ4n) is 4.32. The Bertz CT molecular complexity index is 1230. The van der Waals surface area contributed by atoms with E-state index in [1.165, 1.54) is 10.7 Å². The highest BCUT2D eigenvalue weighted by molar-refractivity contribution is 7.87. The molecular weight excluding hydrogens is 497 g/mol. The predicted octanol–water partition coefficient (Wildman–Crippen LogP) is 5.74. The van der Waals surface area contributed by atoms with Gasteiger partial charge in [-0.05, 0) is 61.8 Å². The van der Waals surface area contributed by atoms with Gasteiger partial charge in [0.05, 0.1) is 17.3 Å². The molecule has 1 aromatic heterocycles. The van der Waals surface area contributed by atoms with Crippen LogP contribution in [0.25, 0.3) is 16.7 Å². The Morgan fingerprint density at radius 2 is 1.82 bits per heavy atom. The van der Waals surface area contributed by atoms with Crippen molar-refractivity contribution in [3.63, 3.8) is 0 Å². The van der Waals surface area contributed by atoms with Crippen molar-refractivity contribution in [3.05, 3.63) is 34.8 Å². The number of fused-ring (bicyclic) bond motifs is 3. The minimum absolute atomic E-state index is 0.000993. The van der Waals surface area contributed by atoms with Crippen molar-refractivity contribution in [2.45, 2.75) is 62.9 Å². The summed E-state index contributed by atoms with van der Waals surface area (Å²) < 4.78 is 128. The number of benzene rings is 1. The maximum Gasteiger partial charge on any atom is 0.534 e. The molecule has 14 heteroatoms. The summed E-state index contributed by atoms with van der Waals surface area (Å²) in [6.45, 7) is 0.426. The van der Waals surface area contributed by atoms with Crippen LogP contribution in [-0.4, -0.2) is 36.5 Å². The molecule has 0 spiro atoms. The van der Waals surface area contributed by atoms with Crippen LogP contribution < -0.4 is 0 Å². The average Bonchev–Trinajstić information content (AvgIpc) is 2.98. The highest BCUT2D eigenvalue weighted by atomic mass is 32.2. The minimum atomic E-state index is -6.28. The maximum absolute atomic E-state index is 15.0. The van der Waals surface area contributed by atoms with Crippen LogP contribution in [0.5, 0.6) is 0 Å². The molecule has 2 heterocycles. The summed E-state index contributed by atoms with van der Waals surface area (Å²) in [5.41, 5.74) is -6.61. The van der Waals surface area contributed by atoms with Crippen LogP contribution in [0.3, 0.4) is 0 Å². The van der Waals surface area contributed by atoms with Gasteiger partial charge in [0.2, 0.25) is 5.95 Å². The summed E-state index contributed by atoms with van der Waals surface area (Å²) >= 11 is 0. The first-order chi connectivity index (χ1) is 15.8. The van der Waals surface area contributed by atoms with Crippen LogP contribution in [0, 0.1) is 5.95 Å². The van der Waals surface area contributed by atoms with Crippen molar-refractivity contribution < 1.29 is 48.1 Å². The lowest BCUT2D eigenvalue weighted by molar-refractivity contribution is -0.127. The van der Waals surface area contributed by atoms with E-state index in [0.717, 1.165) is 18.9 Å². The second-order valence-electron chi connectivity index (χ2n) is 8.10. The van der Waals surface area contributed by atoms with Gasteiger partial charge in [-0.3, -0.25) is 0 Å². The number of halogens is 7. The third-order valence-electron chi connectivity index (χ3n) is 5.73. The Labute approximate surface area is 189 Å². The molecule has 2 aromatic rings. The molecule has 1 unspecified atom stereocenters. The Kier molecular flexibility index (Phi) is 6.34. The number of nitrogens with zero attached hydrogens (tertiary/aromatic N) is 2. The fourth-order valence-corrected chi connectivity index (χ4v) is 4.84. The van der Waals surface area contributed by atoms with Crippen LogP contribution >= 0.6 is 0 Å². The second-order valence-corrected chi connectivity index (χ2v) is 9.64. The molecule has 188 valence electrons. The Morgan fingerprint density at radius 3 is 2.44 bits per heavy atom. The molecule has 0 N–H and O–H groups in total. The zero-order valence-corrected chi connectivity index (χ0v) is 18.3. The summed E-state index contributed by atoms with van der Waals surface area (Å²) in [6.07, 6.45) is -5.35. The van der Waals surface area contributed by atoms with Gasteiger partial charge < -0.3 is 8.92 Å². The number of rotatable bonds is 4. The van der Waals surface area contributed by atoms with Crippen LogP contribution in [0.2, 0.25) is 0 Å². The first kappa shape index (κ1) is 24.8. The highest BCUT2D eigenvalue weighted by Crippen LogP contribution is 2.42. The molecule has 1 saturated heterocycles. The number of hydrogen-bond donors (Lipinski definition) is 0. The van der Waals surface area contributed by atoms with Gasteiger partial charge in [0, 0.05) is 12.2 Å². The maximum atomic E-state index is 15.0. The molecule has 1 fully saturated rings. The summed E-state index contributed by atoms with van der Waals surface area (Å²) in [5, 5.41) is 3.74. The van der Waals surface area contributed by atoms with Gasteiger partial charge in [0.1, 0.15) is 5.76 Å². The number of allylic oxidation sites excluding steroid dienone is 1. The molecule has 0 saturated carbocycles. The molecule has 1 aromatic carbocycles. The van der Waals surface area contributed by atoms with Gasteiger partial charge in [-0.1, -0.05) is 0 Å². The quantitative estimate of drug-likeness (QED) is 0.295. The monoisotopic (exact) mass is 516 g/mol. The Hall–Kier alpha value is -2.35. The van der Waals surface area contributed by atoms with E-state index >= 15 is 0 Å². The summed E-state index contributed by atoms with van der Waals surface area (Å²) in [4.78, 5) is 0. The van der Waals surface area contributed by atoms with Crippen LogP contribution in [-0.2, 0) is 25.5 Å². The molecule has 2 aliphatic rings.